The van der Waals surface area contributed by atoms with Crippen molar-refractivity contribution in [3.8, 4) is 0 Å². The van der Waals surface area contributed by atoms with E-state index in [4.69, 9.17) is 18.9 Å². The van der Waals surface area contributed by atoms with Crippen LogP contribution in [0.5, 0.6) is 0 Å². The second-order valence-electron chi connectivity index (χ2n) is 23.5. The fraction of sp³-hybridized carbons (Fsp3) is 0.900. The van der Waals surface area contributed by atoms with E-state index >= 15 is 0 Å². The fourth-order valence-corrected chi connectivity index (χ4v) is 13.7. The summed E-state index contributed by atoms with van der Waals surface area (Å²) in [6.07, 6.45) is 35.2. The number of ether oxygens (including phenoxy) is 4. The third-order valence-corrected chi connectivity index (χ3v) is 18.3. The number of unbranched alkanes of at least 4 members (excludes halogenated alkanes) is 14. The number of esters is 2. The van der Waals surface area contributed by atoms with Crippen LogP contribution in [0.4, 0.5) is 0 Å². The van der Waals surface area contributed by atoms with Crippen molar-refractivity contribution in [3.63, 3.8) is 0 Å². The molecular weight excluding hydrogens is 877 g/mol. The second kappa shape index (κ2) is 31.4. The topological polar surface area (TPSA) is 112 Å². The largest absolute Gasteiger partial charge is 0.459 e. The van der Waals surface area contributed by atoms with Crippen molar-refractivity contribution in [1.29, 1.82) is 0 Å². The van der Waals surface area contributed by atoms with E-state index in [2.05, 4.69) is 44.4 Å². The van der Waals surface area contributed by atoms with E-state index in [1.54, 1.807) is 0 Å². The van der Waals surface area contributed by atoms with Gasteiger partial charge in [-0.1, -0.05) is 117 Å². The van der Waals surface area contributed by atoms with E-state index in [-0.39, 0.29) is 35.1 Å². The molecule has 0 aromatic heterocycles. The normalized spacial score (nSPS) is 26.6. The number of likely N-dealkylation sites (tertiary alicyclic amines) is 1. The first-order valence-corrected chi connectivity index (χ1v) is 29.7. The minimum atomic E-state index is -0.430. The maximum atomic E-state index is 13.7. The van der Waals surface area contributed by atoms with Gasteiger partial charge in [0.15, 0.2) is 5.78 Å². The average Bonchev–Trinajstić information content (AvgIpc) is 3.61. The monoisotopic (exact) mass is 981 g/mol. The third kappa shape index (κ3) is 18.3. The highest BCUT2D eigenvalue weighted by atomic mass is 16.6. The van der Waals surface area contributed by atoms with Crippen molar-refractivity contribution in [2.45, 2.75) is 258 Å². The van der Waals surface area contributed by atoms with Gasteiger partial charge in [-0.25, -0.2) is 0 Å². The Balaban J connectivity index is 1.00. The van der Waals surface area contributed by atoms with Crippen LogP contribution in [0.25, 0.3) is 0 Å². The maximum Gasteiger partial charge on any atom is 0.306 e. The lowest BCUT2D eigenvalue weighted by atomic mass is 9.46. The Morgan fingerprint density at radius 1 is 0.643 bits per heavy atom. The molecule has 4 fully saturated rings. The number of hydrogen-bond donors (Lipinski definition) is 0. The van der Waals surface area contributed by atoms with Crippen LogP contribution in [0.3, 0.4) is 0 Å². The molecule has 1 heterocycles. The fourth-order valence-electron chi connectivity index (χ4n) is 13.7. The van der Waals surface area contributed by atoms with Crippen LogP contribution in [0, 0.1) is 28.6 Å². The first-order chi connectivity index (χ1) is 33.9. The summed E-state index contributed by atoms with van der Waals surface area (Å²) >= 11 is 0. The van der Waals surface area contributed by atoms with Crippen molar-refractivity contribution in [3.05, 3.63) is 11.6 Å². The molecule has 1 aliphatic heterocycles. The first-order valence-electron chi connectivity index (χ1n) is 29.7. The van der Waals surface area contributed by atoms with Gasteiger partial charge in [-0.3, -0.25) is 19.2 Å². The molecule has 1 saturated heterocycles. The molecule has 5 aliphatic rings. The molecule has 0 aromatic rings. The van der Waals surface area contributed by atoms with Gasteiger partial charge in [0, 0.05) is 57.4 Å². The van der Waals surface area contributed by atoms with E-state index in [1.165, 1.54) is 89.0 Å². The number of carbonyl (C=O) groups excluding carboxylic acids is 4. The van der Waals surface area contributed by atoms with Gasteiger partial charge in [0.25, 0.3) is 0 Å². The Bertz CT molecular complexity index is 1560. The maximum absolute atomic E-state index is 13.7. The Morgan fingerprint density at radius 2 is 1.23 bits per heavy atom. The zero-order valence-corrected chi connectivity index (χ0v) is 45.7. The summed E-state index contributed by atoms with van der Waals surface area (Å²) in [6.45, 7) is 18.5. The number of ketones is 1. The molecule has 10 heteroatoms. The highest BCUT2D eigenvalue weighted by molar-refractivity contribution is 5.91. The van der Waals surface area contributed by atoms with Gasteiger partial charge in [0.1, 0.15) is 11.7 Å². The Labute approximate surface area is 427 Å². The summed E-state index contributed by atoms with van der Waals surface area (Å²) in [6, 6.07) is 0. The summed E-state index contributed by atoms with van der Waals surface area (Å²) in [7, 11) is 0. The standard InChI is InChI=1S/C60H104N2O8/c1-6-8-10-12-16-25-44-67-47-51(48-68-45-26-17-13-11-9-7-2)69-56(65)29-21-20-28-55(64)62(43-27-41-61-39-22-18-23-40-61)42-24-15-14-19-30-57(66)70-60(5)38-35-54-52-32-31-49-46-50(63)33-36-58(49,3)53(52)34-37-59(54,60)4/h46,51-54H,6-45,47-48H2,1-5H3. The number of rotatable bonds is 36. The van der Waals surface area contributed by atoms with Crippen LogP contribution >= 0.6 is 0 Å². The van der Waals surface area contributed by atoms with Crippen LogP contribution in [-0.2, 0) is 38.1 Å². The van der Waals surface area contributed by atoms with Crippen LogP contribution < -0.4 is 0 Å². The molecule has 6 atom stereocenters. The molecule has 70 heavy (non-hydrogen) atoms. The van der Waals surface area contributed by atoms with Gasteiger partial charge < -0.3 is 28.7 Å². The number of piperidine rings is 1. The summed E-state index contributed by atoms with van der Waals surface area (Å²) in [5.74, 6) is 2.03. The minimum Gasteiger partial charge on any atom is -0.459 e. The summed E-state index contributed by atoms with van der Waals surface area (Å²) < 4.78 is 24.4. The molecule has 1 amide bonds. The third-order valence-electron chi connectivity index (χ3n) is 18.3. The van der Waals surface area contributed by atoms with Gasteiger partial charge in [-0.05, 0) is 159 Å². The van der Waals surface area contributed by atoms with Crippen LogP contribution in [0.2, 0.25) is 0 Å². The van der Waals surface area contributed by atoms with Gasteiger partial charge in [-0.15, -0.1) is 0 Å². The van der Waals surface area contributed by atoms with Gasteiger partial charge in [0.2, 0.25) is 5.91 Å². The van der Waals surface area contributed by atoms with Gasteiger partial charge in [0.05, 0.1) is 13.2 Å². The SMILES string of the molecule is CCCCCCCCOCC(COCCCCCCCC)OC(=O)CCCCC(=O)N(CCCCCCC(=O)OC1(C)CCC2C3CCC4=CC(=O)CCC4(C)C3CCC21C)CCCN1CCCCC1. The molecule has 0 aromatic carbocycles. The molecular formula is C60H104N2O8. The molecule has 10 nitrogen and oxygen atoms in total. The lowest BCUT2D eigenvalue weighted by Crippen LogP contribution is -2.55. The Hall–Kier alpha value is -2.30. The smallest absolute Gasteiger partial charge is 0.306 e. The van der Waals surface area contributed by atoms with E-state index in [1.807, 2.05) is 6.08 Å². The van der Waals surface area contributed by atoms with Crippen molar-refractivity contribution >= 4 is 23.6 Å². The Kier molecular flexibility index (Phi) is 26.3. The number of nitrogens with zero attached hydrogens (tertiary/aromatic N) is 2. The van der Waals surface area contributed by atoms with Crippen molar-refractivity contribution in [1.82, 2.24) is 9.80 Å². The zero-order valence-electron chi connectivity index (χ0n) is 45.7. The molecule has 402 valence electrons. The zero-order chi connectivity index (χ0) is 50.1. The number of carbonyl (C=O) groups is 4. The molecule has 4 aliphatic carbocycles. The van der Waals surface area contributed by atoms with Gasteiger partial charge in [-0.2, -0.15) is 0 Å². The number of allylic oxidation sites excluding steroid dienone is 1. The van der Waals surface area contributed by atoms with Gasteiger partial charge >= 0.3 is 11.9 Å². The lowest BCUT2D eigenvalue weighted by Gasteiger charge is -2.59. The number of amides is 1. The van der Waals surface area contributed by atoms with Crippen LogP contribution in [0.15, 0.2) is 11.6 Å². The molecule has 5 rings (SSSR count). The minimum absolute atomic E-state index is 0.00798. The predicted octanol–water partition coefficient (Wildman–Crippen LogP) is 13.7. The first kappa shape index (κ1) is 58.6. The van der Waals surface area contributed by atoms with E-state index in [0.29, 0.717) is 82.1 Å². The molecule has 0 bridgehead atoms. The van der Waals surface area contributed by atoms with E-state index in [0.717, 1.165) is 123 Å². The van der Waals surface area contributed by atoms with Crippen molar-refractivity contribution < 1.29 is 38.1 Å². The highest BCUT2D eigenvalue weighted by Crippen LogP contribution is 2.68. The summed E-state index contributed by atoms with van der Waals surface area (Å²) in [5.41, 5.74) is 1.12. The molecule has 0 spiro atoms. The molecule has 3 saturated carbocycles. The van der Waals surface area contributed by atoms with Crippen LogP contribution in [0.1, 0.15) is 247 Å². The van der Waals surface area contributed by atoms with Crippen molar-refractivity contribution in [2.75, 3.05) is 59.2 Å². The number of hydrogen-bond acceptors (Lipinski definition) is 9. The van der Waals surface area contributed by atoms with E-state index in [9.17, 15) is 19.2 Å². The van der Waals surface area contributed by atoms with Crippen molar-refractivity contribution in [2.24, 2.45) is 28.6 Å². The summed E-state index contributed by atoms with van der Waals surface area (Å²) in [4.78, 5) is 57.2. The quantitative estimate of drug-likeness (QED) is 0.0447. The molecule has 0 radical (unpaired) electrons. The predicted molar refractivity (Wildman–Crippen MR) is 283 cm³/mol. The second-order valence-corrected chi connectivity index (χ2v) is 23.5. The van der Waals surface area contributed by atoms with Crippen LogP contribution in [-0.4, -0.2) is 104 Å². The molecule has 6 unspecified atom stereocenters. The molecule has 0 N–H and O–H groups in total. The lowest BCUT2D eigenvalue weighted by molar-refractivity contribution is -0.180. The van der Waals surface area contributed by atoms with E-state index < -0.39 is 11.7 Å². The Morgan fingerprint density at radius 3 is 1.93 bits per heavy atom. The summed E-state index contributed by atoms with van der Waals surface area (Å²) in [5, 5.41) is 0. The number of fused-ring (bicyclic) bond motifs is 5. The average molecular weight is 981 g/mol. The highest BCUT2D eigenvalue weighted by Gasteiger charge is 2.64.